The van der Waals surface area contributed by atoms with Gasteiger partial charge in [-0.15, -0.1) is 18.2 Å². The molecule has 8 heavy (non-hydrogen) atoms. The van der Waals surface area contributed by atoms with Gasteiger partial charge in [0, 0.05) is 5.03 Å². The third-order valence-corrected chi connectivity index (χ3v) is 1.15. The molecule has 0 aliphatic heterocycles. The van der Waals surface area contributed by atoms with Crippen molar-refractivity contribution in [1.29, 1.82) is 0 Å². The summed E-state index contributed by atoms with van der Waals surface area (Å²) in [5, 5.41) is 10.1. The van der Waals surface area contributed by atoms with Gasteiger partial charge in [-0.3, -0.25) is 0 Å². The van der Waals surface area contributed by atoms with Crippen molar-refractivity contribution in [2.75, 3.05) is 12.5 Å². The van der Waals surface area contributed by atoms with Gasteiger partial charge in [-0.25, -0.2) is 0 Å². The second-order valence-electron chi connectivity index (χ2n) is 0.951. The van der Waals surface area contributed by atoms with Crippen LogP contribution in [0.4, 0.5) is 0 Å². The first kappa shape index (κ1) is 12.0. The molecule has 0 aromatic carbocycles. The van der Waals surface area contributed by atoms with Crippen molar-refractivity contribution < 1.29 is 34.7 Å². The monoisotopic (exact) mass is 162 g/mol. The van der Waals surface area contributed by atoms with E-state index >= 15 is 0 Å². The maximum absolute atomic E-state index is 9.68. The average molecular weight is 163 g/mol. The molecule has 0 aromatic rings. The average Bonchev–Trinajstić information content (AvgIpc) is 1.68. The van der Waals surface area contributed by atoms with E-state index in [4.69, 9.17) is 23.2 Å². The molecule has 0 spiro atoms. The third-order valence-electron chi connectivity index (χ3n) is 0.432. The molecule has 4 heteroatoms. The summed E-state index contributed by atoms with van der Waals surface area (Å²) in [6.07, 6.45) is 1.34. The summed E-state index contributed by atoms with van der Waals surface area (Å²) in [7, 11) is 0. The molecule has 0 radical (unpaired) electrons. The number of hydrogen-bond donors (Lipinski definition) is 0. The Morgan fingerprint density at radius 3 is 2.25 bits per heavy atom. The SMILES string of the molecule is [Na+].[O-]CC=C(Cl)CCl. The largest absolute Gasteiger partial charge is 1.00 e. The second-order valence-corrected chi connectivity index (χ2v) is 1.70. The van der Waals surface area contributed by atoms with Crippen LogP contribution < -0.4 is 34.7 Å². The smallest absolute Gasteiger partial charge is 0.851 e. The minimum absolute atomic E-state index is 0. The molecule has 0 saturated carbocycles. The molecule has 0 atom stereocenters. The van der Waals surface area contributed by atoms with Crippen LogP contribution in [0, 0.1) is 0 Å². The van der Waals surface area contributed by atoms with Gasteiger partial charge in [0.2, 0.25) is 0 Å². The predicted octanol–water partition coefficient (Wildman–Crippen LogP) is -2.29. The zero-order valence-corrected chi connectivity index (χ0v) is 8.17. The number of halogens is 2. The Bertz CT molecular complexity index is 74.4. The molecule has 0 heterocycles. The Kier molecular flexibility index (Phi) is 12.4. The number of hydrogen-bond acceptors (Lipinski definition) is 1. The molecule has 0 amide bonds. The van der Waals surface area contributed by atoms with Crippen molar-refractivity contribution in [2.24, 2.45) is 0 Å². The molecule has 0 unspecified atom stereocenters. The van der Waals surface area contributed by atoms with Crippen LogP contribution in [0.2, 0.25) is 0 Å². The van der Waals surface area contributed by atoms with Gasteiger partial charge in [0.15, 0.2) is 0 Å². The van der Waals surface area contributed by atoms with E-state index in [9.17, 15) is 5.11 Å². The van der Waals surface area contributed by atoms with Gasteiger partial charge in [0.1, 0.15) is 0 Å². The molecular weight excluding hydrogens is 158 g/mol. The molecule has 1 nitrogen and oxygen atoms in total. The summed E-state index contributed by atoms with van der Waals surface area (Å²) in [4.78, 5) is 0. The Hall–Kier alpha value is 1.28. The normalized spacial score (nSPS) is 10.6. The molecule has 0 N–H and O–H groups in total. The number of rotatable bonds is 2. The second kappa shape index (κ2) is 8.28. The van der Waals surface area contributed by atoms with Gasteiger partial charge >= 0.3 is 29.6 Å². The van der Waals surface area contributed by atoms with E-state index in [0.29, 0.717) is 5.03 Å². The zero-order valence-electron chi connectivity index (χ0n) is 4.66. The molecule has 0 aliphatic carbocycles. The summed E-state index contributed by atoms with van der Waals surface area (Å²) in [6.45, 7) is -0.286. The van der Waals surface area contributed by atoms with Gasteiger partial charge in [-0.1, -0.05) is 17.7 Å². The zero-order chi connectivity index (χ0) is 5.70. The first-order chi connectivity index (χ1) is 3.31. The standard InChI is InChI=1S/C4H5Cl2O.Na/c5-3-4(6)1-2-7;/h1H,2-3H2;/q-1;+1. The van der Waals surface area contributed by atoms with Crippen LogP contribution in [0.15, 0.2) is 11.1 Å². The van der Waals surface area contributed by atoms with Gasteiger partial charge in [-0.2, -0.15) is 0 Å². The maximum Gasteiger partial charge on any atom is 1.00 e. The molecular formula is C4H5Cl2NaO. The van der Waals surface area contributed by atoms with Crippen molar-refractivity contribution in [2.45, 2.75) is 0 Å². The number of allylic oxidation sites excluding steroid dienone is 1. The van der Waals surface area contributed by atoms with Crippen molar-refractivity contribution in [1.82, 2.24) is 0 Å². The molecule has 42 valence electrons. The van der Waals surface area contributed by atoms with Crippen LogP contribution in [-0.2, 0) is 0 Å². The Balaban J connectivity index is 0. The Morgan fingerprint density at radius 1 is 1.62 bits per heavy atom. The fraction of sp³-hybridized carbons (Fsp3) is 0.500. The fourth-order valence-electron chi connectivity index (χ4n) is 0.145. The minimum Gasteiger partial charge on any atom is -0.851 e. The maximum atomic E-state index is 9.68. The van der Waals surface area contributed by atoms with Gasteiger partial charge in [0.05, 0.1) is 5.88 Å². The summed E-state index contributed by atoms with van der Waals surface area (Å²) in [5.74, 6) is 0.240. The van der Waals surface area contributed by atoms with Gasteiger partial charge < -0.3 is 5.11 Å². The molecule has 0 bridgehead atoms. The van der Waals surface area contributed by atoms with E-state index in [1.165, 1.54) is 6.08 Å². The molecule has 0 aliphatic rings. The van der Waals surface area contributed by atoms with Crippen LogP contribution in [0.3, 0.4) is 0 Å². The predicted molar refractivity (Wildman–Crippen MR) is 29.5 cm³/mol. The Morgan fingerprint density at radius 2 is 2.12 bits per heavy atom. The first-order valence-corrected chi connectivity index (χ1v) is 2.71. The van der Waals surface area contributed by atoms with Crippen molar-refractivity contribution in [3.8, 4) is 0 Å². The van der Waals surface area contributed by atoms with Crippen LogP contribution in [-0.4, -0.2) is 12.5 Å². The first-order valence-electron chi connectivity index (χ1n) is 1.80. The van der Waals surface area contributed by atoms with Gasteiger partial charge in [-0.05, 0) is 0 Å². The van der Waals surface area contributed by atoms with E-state index < -0.39 is 0 Å². The quantitative estimate of drug-likeness (QED) is 0.332. The number of alkyl halides is 1. The van der Waals surface area contributed by atoms with Crippen molar-refractivity contribution in [3.05, 3.63) is 11.1 Å². The van der Waals surface area contributed by atoms with Crippen LogP contribution in [0.5, 0.6) is 0 Å². The van der Waals surface area contributed by atoms with Crippen LogP contribution in [0.1, 0.15) is 0 Å². The van der Waals surface area contributed by atoms with E-state index in [1.807, 2.05) is 0 Å². The van der Waals surface area contributed by atoms with Gasteiger partial charge in [0.25, 0.3) is 0 Å². The molecule has 0 saturated heterocycles. The summed E-state index contributed by atoms with van der Waals surface area (Å²) in [6, 6.07) is 0. The van der Waals surface area contributed by atoms with Crippen molar-refractivity contribution >= 4 is 23.2 Å². The van der Waals surface area contributed by atoms with E-state index in [1.54, 1.807) is 0 Å². The summed E-state index contributed by atoms with van der Waals surface area (Å²) in [5.41, 5.74) is 0. The molecule has 0 fully saturated rings. The molecule has 0 aromatic heterocycles. The van der Waals surface area contributed by atoms with E-state index in [-0.39, 0.29) is 42.0 Å². The molecule has 0 rings (SSSR count). The summed E-state index contributed by atoms with van der Waals surface area (Å²) >= 11 is 10.5. The minimum atomic E-state index is -0.286. The summed E-state index contributed by atoms with van der Waals surface area (Å²) < 4.78 is 0. The van der Waals surface area contributed by atoms with Crippen molar-refractivity contribution in [3.63, 3.8) is 0 Å². The fourth-order valence-corrected chi connectivity index (χ4v) is 0.317. The van der Waals surface area contributed by atoms with E-state index in [0.717, 1.165) is 0 Å². The Labute approximate surface area is 81.0 Å². The van der Waals surface area contributed by atoms with E-state index in [2.05, 4.69) is 0 Å². The van der Waals surface area contributed by atoms with Crippen LogP contribution in [0.25, 0.3) is 0 Å². The third kappa shape index (κ3) is 7.28. The topological polar surface area (TPSA) is 23.1 Å². The van der Waals surface area contributed by atoms with Crippen LogP contribution >= 0.6 is 23.2 Å².